The molecule has 0 saturated carbocycles. The average molecular weight is 419 g/mol. The first-order chi connectivity index (χ1) is 14.9. The van der Waals surface area contributed by atoms with Crippen molar-refractivity contribution in [2.24, 2.45) is 0 Å². The number of amides is 1. The van der Waals surface area contributed by atoms with Crippen LogP contribution in [-0.4, -0.2) is 34.9 Å². The van der Waals surface area contributed by atoms with Crippen LogP contribution in [0.4, 0.5) is 11.6 Å². The number of nitrogens with zero attached hydrogens (tertiary/aromatic N) is 3. The summed E-state index contributed by atoms with van der Waals surface area (Å²) in [5.74, 6) is 1.60. The summed E-state index contributed by atoms with van der Waals surface area (Å²) < 4.78 is 12.7. The molecule has 3 aromatic rings. The molecule has 0 radical (unpaired) electrons. The van der Waals surface area contributed by atoms with Crippen molar-refractivity contribution >= 4 is 17.5 Å². The van der Waals surface area contributed by atoms with E-state index in [0.717, 1.165) is 22.4 Å². The van der Waals surface area contributed by atoms with Gasteiger partial charge in [0.15, 0.2) is 0 Å². The second-order valence-electron chi connectivity index (χ2n) is 7.47. The van der Waals surface area contributed by atoms with Crippen molar-refractivity contribution in [1.82, 2.24) is 14.8 Å². The lowest BCUT2D eigenvalue weighted by Crippen LogP contribution is -2.32. The van der Waals surface area contributed by atoms with Gasteiger partial charge in [0, 0.05) is 16.9 Å². The van der Waals surface area contributed by atoms with E-state index in [9.17, 15) is 4.79 Å². The van der Waals surface area contributed by atoms with Gasteiger partial charge in [-0.25, -0.2) is 4.68 Å². The highest BCUT2D eigenvalue weighted by Crippen LogP contribution is 2.40. The van der Waals surface area contributed by atoms with E-state index in [2.05, 4.69) is 20.7 Å². The quantitative estimate of drug-likeness (QED) is 0.653. The Morgan fingerprint density at radius 1 is 1.10 bits per heavy atom. The summed E-state index contributed by atoms with van der Waals surface area (Å²) in [7, 11) is 3.20. The predicted octanol–water partition coefficient (Wildman–Crippen LogP) is 3.84. The molecule has 2 aromatic carbocycles. The summed E-state index contributed by atoms with van der Waals surface area (Å²) in [6.45, 7) is 5.85. The van der Waals surface area contributed by atoms with Crippen molar-refractivity contribution < 1.29 is 14.3 Å². The van der Waals surface area contributed by atoms with E-state index in [-0.39, 0.29) is 5.91 Å². The van der Waals surface area contributed by atoms with Crippen LogP contribution in [0.1, 0.15) is 29.7 Å². The number of hydrogen-bond donors (Lipinski definition) is 2. The van der Waals surface area contributed by atoms with Crippen molar-refractivity contribution in [3.05, 3.63) is 70.7 Å². The van der Waals surface area contributed by atoms with Crippen LogP contribution < -0.4 is 20.1 Å². The minimum atomic E-state index is -0.547. The molecule has 0 fully saturated rings. The molecular formula is C23H25N5O3. The second-order valence-corrected chi connectivity index (χ2v) is 7.47. The maximum atomic E-state index is 13.5. The van der Waals surface area contributed by atoms with E-state index in [1.807, 2.05) is 57.2 Å². The Labute approximate surface area is 180 Å². The SMILES string of the molecule is COc1ccc(OC)c([C@H]2C(C(=O)Nc3ccc(C)cc3C)=C(C)Nc3ncnn32)c1. The maximum absolute atomic E-state index is 13.5. The normalized spacial score (nSPS) is 15.2. The number of allylic oxidation sites excluding steroid dienone is 1. The summed E-state index contributed by atoms with van der Waals surface area (Å²) in [4.78, 5) is 17.8. The molecule has 31 heavy (non-hydrogen) atoms. The van der Waals surface area contributed by atoms with Crippen molar-refractivity contribution in [3.63, 3.8) is 0 Å². The molecule has 1 aliphatic heterocycles. The minimum absolute atomic E-state index is 0.229. The summed E-state index contributed by atoms with van der Waals surface area (Å²) in [5.41, 5.74) is 4.85. The maximum Gasteiger partial charge on any atom is 0.255 e. The molecule has 8 heteroatoms. The number of ether oxygens (including phenoxy) is 2. The van der Waals surface area contributed by atoms with E-state index < -0.39 is 6.04 Å². The first-order valence-electron chi connectivity index (χ1n) is 9.90. The standard InChI is InChI=1S/C23H25N5O3/c1-13-6-8-18(14(2)10-13)27-22(29)20-15(3)26-23-24-12-25-28(23)21(20)17-11-16(30-4)7-9-19(17)31-5/h6-12,21H,1-5H3,(H,27,29)(H,24,25,26)/t21-/m0/s1. The van der Waals surface area contributed by atoms with Gasteiger partial charge in [0.2, 0.25) is 5.95 Å². The smallest absolute Gasteiger partial charge is 0.255 e. The molecule has 1 atom stereocenters. The molecule has 0 aliphatic carbocycles. The van der Waals surface area contributed by atoms with Gasteiger partial charge in [-0.1, -0.05) is 17.7 Å². The van der Waals surface area contributed by atoms with Crippen LogP contribution >= 0.6 is 0 Å². The van der Waals surface area contributed by atoms with Crippen LogP contribution in [0.15, 0.2) is 54.0 Å². The number of nitrogens with one attached hydrogen (secondary N) is 2. The summed E-state index contributed by atoms with van der Waals surface area (Å²) in [6.07, 6.45) is 1.46. The Balaban J connectivity index is 1.83. The van der Waals surface area contributed by atoms with Crippen LogP contribution in [0.25, 0.3) is 0 Å². The zero-order chi connectivity index (χ0) is 22.1. The van der Waals surface area contributed by atoms with Gasteiger partial charge < -0.3 is 20.1 Å². The monoisotopic (exact) mass is 419 g/mol. The largest absolute Gasteiger partial charge is 0.497 e. The van der Waals surface area contributed by atoms with E-state index in [0.29, 0.717) is 28.7 Å². The number of rotatable bonds is 5. The molecule has 4 rings (SSSR count). The average Bonchev–Trinajstić information content (AvgIpc) is 3.22. The first kappa shape index (κ1) is 20.5. The third-order valence-electron chi connectivity index (χ3n) is 5.40. The lowest BCUT2D eigenvalue weighted by molar-refractivity contribution is -0.113. The number of hydrogen-bond acceptors (Lipinski definition) is 6. The van der Waals surface area contributed by atoms with Crippen LogP contribution in [0.5, 0.6) is 11.5 Å². The molecule has 0 unspecified atom stereocenters. The molecule has 0 spiro atoms. The van der Waals surface area contributed by atoms with Crippen molar-refractivity contribution in [1.29, 1.82) is 0 Å². The van der Waals surface area contributed by atoms with E-state index >= 15 is 0 Å². The Morgan fingerprint density at radius 3 is 2.61 bits per heavy atom. The second kappa shape index (κ2) is 8.14. The van der Waals surface area contributed by atoms with Crippen molar-refractivity contribution in [2.45, 2.75) is 26.8 Å². The molecule has 160 valence electrons. The summed E-state index contributed by atoms with van der Waals surface area (Å²) in [6, 6.07) is 10.9. The number of carbonyl (C=O) groups is 1. The molecular weight excluding hydrogens is 394 g/mol. The minimum Gasteiger partial charge on any atom is -0.497 e. The molecule has 8 nitrogen and oxygen atoms in total. The van der Waals surface area contributed by atoms with E-state index in [4.69, 9.17) is 9.47 Å². The molecule has 0 saturated heterocycles. The Morgan fingerprint density at radius 2 is 1.90 bits per heavy atom. The third kappa shape index (κ3) is 3.72. The van der Waals surface area contributed by atoms with Gasteiger partial charge in [-0.3, -0.25) is 4.79 Å². The van der Waals surface area contributed by atoms with Crippen LogP contribution in [0.3, 0.4) is 0 Å². The third-order valence-corrected chi connectivity index (χ3v) is 5.40. The topological polar surface area (TPSA) is 90.3 Å². The van der Waals surface area contributed by atoms with Gasteiger partial charge in [-0.05, 0) is 50.6 Å². The number of anilines is 2. The number of carbonyl (C=O) groups excluding carboxylic acids is 1. The fourth-order valence-corrected chi connectivity index (χ4v) is 3.87. The molecule has 1 amide bonds. The van der Waals surface area contributed by atoms with Crippen molar-refractivity contribution in [3.8, 4) is 11.5 Å². The number of benzene rings is 2. The highest BCUT2D eigenvalue weighted by atomic mass is 16.5. The van der Waals surface area contributed by atoms with E-state index in [1.54, 1.807) is 18.9 Å². The Hall–Kier alpha value is -3.81. The number of methoxy groups -OCH3 is 2. The fraction of sp³-hybridized carbons (Fsp3) is 0.261. The zero-order valence-electron chi connectivity index (χ0n) is 18.2. The Kier molecular flexibility index (Phi) is 5.37. The molecule has 2 N–H and O–H groups in total. The van der Waals surface area contributed by atoms with Gasteiger partial charge in [-0.2, -0.15) is 10.1 Å². The van der Waals surface area contributed by atoms with Gasteiger partial charge in [0.25, 0.3) is 5.91 Å². The number of aromatic nitrogens is 3. The van der Waals surface area contributed by atoms with Crippen LogP contribution in [0.2, 0.25) is 0 Å². The number of fused-ring (bicyclic) bond motifs is 1. The highest BCUT2D eigenvalue weighted by Gasteiger charge is 2.35. The van der Waals surface area contributed by atoms with Gasteiger partial charge in [0.05, 0.1) is 19.8 Å². The molecule has 2 heterocycles. The fourth-order valence-electron chi connectivity index (χ4n) is 3.87. The van der Waals surface area contributed by atoms with E-state index in [1.165, 1.54) is 6.33 Å². The lowest BCUT2D eigenvalue weighted by Gasteiger charge is -2.30. The van der Waals surface area contributed by atoms with Crippen molar-refractivity contribution in [2.75, 3.05) is 24.9 Å². The van der Waals surface area contributed by atoms with Gasteiger partial charge >= 0.3 is 0 Å². The molecule has 1 aromatic heterocycles. The van der Waals surface area contributed by atoms with Gasteiger partial charge in [-0.15, -0.1) is 0 Å². The highest BCUT2D eigenvalue weighted by molar-refractivity contribution is 6.06. The lowest BCUT2D eigenvalue weighted by atomic mass is 9.94. The predicted molar refractivity (Wildman–Crippen MR) is 119 cm³/mol. The Bertz CT molecular complexity index is 1180. The van der Waals surface area contributed by atoms with Gasteiger partial charge in [0.1, 0.15) is 23.9 Å². The first-order valence-corrected chi connectivity index (χ1v) is 9.90. The zero-order valence-corrected chi connectivity index (χ0v) is 18.2. The summed E-state index contributed by atoms with van der Waals surface area (Å²) in [5, 5.41) is 10.6. The summed E-state index contributed by atoms with van der Waals surface area (Å²) >= 11 is 0. The molecule has 1 aliphatic rings. The number of aryl methyl sites for hydroxylation is 2. The van der Waals surface area contributed by atoms with Crippen LogP contribution in [0, 0.1) is 13.8 Å². The van der Waals surface area contributed by atoms with Crippen LogP contribution in [-0.2, 0) is 4.79 Å². The molecule has 0 bridgehead atoms.